The highest BCUT2D eigenvalue weighted by Crippen LogP contribution is 2.34. The van der Waals surface area contributed by atoms with Gasteiger partial charge in [0, 0.05) is 5.56 Å². The zero-order chi connectivity index (χ0) is 12.3. The molecule has 0 aliphatic heterocycles. The standard InChI is InChI=1S/C12H15FO3/c1-7(12(14)15)9-5-4-6-10(16-3)11(9)8(2)13/h4-8H,1-3H3,(H,14,15). The Bertz CT molecular complexity index is 388. The Morgan fingerprint density at radius 3 is 2.50 bits per heavy atom. The minimum absolute atomic E-state index is 0.319. The van der Waals surface area contributed by atoms with Crippen molar-refractivity contribution in [1.29, 1.82) is 0 Å². The molecule has 0 aliphatic rings. The van der Waals surface area contributed by atoms with Crippen LogP contribution in [0.5, 0.6) is 5.75 Å². The highest BCUT2D eigenvalue weighted by atomic mass is 19.1. The Morgan fingerprint density at radius 1 is 1.44 bits per heavy atom. The number of rotatable bonds is 4. The lowest BCUT2D eigenvalue weighted by Gasteiger charge is -2.17. The molecule has 1 rings (SSSR count). The maximum absolute atomic E-state index is 13.5. The topological polar surface area (TPSA) is 46.5 Å². The zero-order valence-corrected chi connectivity index (χ0v) is 9.53. The minimum atomic E-state index is -1.26. The normalized spacial score (nSPS) is 14.2. The van der Waals surface area contributed by atoms with E-state index >= 15 is 0 Å². The van der Waals surface area contributed by atoms with E-state index < -0.39 is 18.1 Å². The molecule has 0 amide bonds. The lowest BCUT2D eigenvalue weighted by Crippen LogP contribution is -2.11. The maximum atomic E-state index is 13.5. The van der Waals surface area contributed by atoms with E-state index in [1.54, 1.807) is 18.2 Å². The van der Waals surface area contributed by atoms with Crippen LogP contribution in [0.3, 0.4) is 0 Å². The molecule has 2 atom stereocenters. The third-order valence-electron chi connectivity index (χ3n) is 2.55. The molecule has 4 heteroatoms. The quantitative estimate of drug-likeness (QED) is 0.858. The second-order valence-electron chi connectivity index (χ2n) is 3.64. The van der Waals surface area contributed by atoms with E-state index in [2.05, 4.69) is 0 Å². The summed E-state index contributed by atoms with van der Waals surface area (Å²) in [6, 6.07) is 4.91. The Morgan fingerprint density at radius 2 is 2.06 bits per heavy atom. The summed E-state index contributed by atoms with van der Waals surface area (Å²) in [6.45, 7) is 2.90. The number of methoxy groups -OCH3 is 1. The van der Waals surface area contributed by atoms with Gasteiger partial charge < -0.3 is 9.84 Å². The third-order valence-corrected chi connectivity index (χ3v) is 2.55. The Hall–Kier alpha value is -1.58. The number of aliphatic carboxylic acids is 1. The van der Waals surface area contributed by atoms with Crippen LogP contribution in [0.15, 0.2) is 18.2 Å². The molecule has 0 aromatic heterocycles. The first-order valence-electron chi connectivity index (χ1n) is 5.02. The van der Waals surface area contributed by atoms with Crippen LogP contribution in [0.2, 0.25) is 0 Å². The Kier molecular flexibility index (Phi) is 3.88. The van der Waals surface area contributed by atoms with Crippen LogP contribution in [0.25, 0.3) is 0 Å². The number of halogens is 1. The number of carboxylic acids is 1. The van der Waals surface area contributed by atoms with E-state index in [1.807, 2.05) is 0 Å². The van der Waals surface area contributed by atoms with Gasteiger partial charge in [0.2, 0.25) is 0 Å². The van der Waals surface area contributed by atoms with Gasteiger partial charge in [-0.3, -0.25) is 4.79 Å². The number of alkyl halides is 1. The summed E-state index contributed by atoms with van der Waals surface area (Å²) >= 11 is 0. The van der Waals surface area contributed by atoms with Crippen molar-refractivity contribution in [2.24, 2.45) is 0 Å². The minimum Gasteiger partial charge on any atom is -0.496 e. The summed E-state index contributed by atoms with van der Waals surface area (Å²) in [6.07, 6.45) is -1.26. The summed E-state index contributed by atoms with van der Waals surface area (Å²) in [5, 5.41) is 8.94. The van der Waals surface area contributed by atoms with Crippen molar-refractivity contribution < 1.29 is 19.0 Å². The van der Waals surface area contributed by atoms with Crippen LogP contribution in [-0.4, -0.2) is 18.2 Å². The van der Waals surface area contributed by atoms with Gasteiger partial charge in [-0.25, -0.2) is 4.39 Å². The van der Waals surface area contributed by atoms with E-state index in [4.69, 9.17) is 9.84 Å². The molecular formula is C12H15FO3. The molecule has 0 aliphatic carbocycles. The van der Waals surface area contributed by atoms with Crippen LogP contribution >= 0.6 is 0 Å². The molecule has 0 spiro atoms. The van der Waals surface area contributed by atoms with Crippen LogP contribution < -0.4 is 4.74 Å². The fourth-order valence-electron chi connectivity index (χ4n) is 1.68. The van der Waals surface area contributed by atoms with Gasteiger partial charge >= 0.3 is 5.97 Å². The number of carbonyl (C=O) groups is 1. The third kappa shape index (κ3) is 2.32. The molecule has 0 heterocycles. The van der Waals surface area contributed by atoms with Crippen LogP contribution in [0.1, 0.15) is 37.1 Å². The highest BCUT2D eigenvalue weighted by Gasteiger charge is 2.23. The first-order chi connectivity index (χ1) is 7.49. The molecule has 1 N–H and O–H groups in total. The highest BCUT2D eigenvalue weighted by molar-refractivity contribution is 5.76. The predicted molar refractivity (Wildman–Crippen MR) is 58.6 cm³/mol. The van der Waals surface area contributed by atoms with E-state index in [0.29, 0.717) is 16.9 Å². The van der Waals surface area contributed by atoms with Crippen molar-refractivity contribution >= 4 is 5.97 Å². The van der Waals surface area contributed by atoms with Crippen molar-refractivity contribution in [3.05, 3.63) is 29.3 Å². The molecule has 3 nitrogen and oxygen atoms in total. The van der Waals surface area contributed by atoms with E-state index in [1.165, 1.54) is 21.0 Å². The number of carboxylic acid groups (broad SMARTS) is 1. The summed E-state index contributed by atoms with van der Waals surface area (Å²) < 4.78 is 18.5. The average molecular weight is 226 g/mol. The summed E-state index contributed by atoms with van der Waals surface area (Å²) in [4.78, 5) is 10.9. The lowest BCUT2D eigenvalue weighted by molar-refractivity contribution is -0.138. The maximum Gasteiger partial charge on any atom is 0.310 e. The molecule has 1 aromatic rings. The van der Waals surface area contributed by atoms with Crippen molar-refractivity contribution in [3.63, 3.8) is 0 Å². The van der Waals surface area contributed by atoms with Gasteiger partial charge in [0.15, 0.2) is 0 Å². The number of hydrogen-bond acceptors (Lipinski definition) is 2. The predicted octanol–water partition coefficient (Wildman–Crippen LogP) is 2.91. The molecule has 0 saturated heterocycles. The van der Waals surface area contributed by atoms with Gasteiger partial charge in [-0.05, 0) is 25.5 Å². The largest absolute Gasteiger partial charge is 0.496 e. The first-order valence-corrected chi connectivity index (χ1v) is 5.02. The monoisotopic (exact) mass is 226 g/mol. The van der Waals surface area contributed by atoms with E-state index in [-0.39, 0.29) is 0 Å². The van der Waals surface area contributed by atoms with Gasteiger partial charge in [0.25, 0.3) is 0 Å². The van der Waals surface area contributed by atoms with Crippen molar-refractivity contribution in [2.75, 3.05) is 7.11 Å². The summed E-state index contributed by atoms with van der Waals surface area (Å²) in [7, 11) is 1.44. The van der Waals surface area contributed by atoms with Gasteiger partial charge in [-0.15, -0.1) is 0 Å². The molecule has 0 fully saturated rings. The molecule has 88 valence electrons. The number of benzene rings is 1. The smallest absolute Gasteiger partial charge is 0.310 e. The summed E-state index contributed by atoms with van der Waals surface area (Å²) in [5.41, 5.74) is 0.779. The fraction of sp³-hybridized carbons (Fsp3) is 0.417. The molecule has 0 saturated carbocycles. The average Bonchev–Trinajstić information content (AvgIpc) is 2.26. The van der Waals surface area contributed by atoms with Gasteiger partial charge in [0.05, 0.1) is 13.0 Å². The lowest BCUT2D eigenvalue weighted by atomic mass is 9.93. The first kappa shape index (κ1) is 12.5. The molecule has 2 unspecified atom stereocenters. The second kappa shape index (κ2) is 4.96. The fourth-order valence-corrected chi connectivity index (χ4v) is 1.68. The van der Waals surface area contributed by atoms with Crippen LogP contribution in [0.4, 0.5) is 4.39 Å². The Labute approximate surface area is 93.9 Å². The van der Waals surface area contributed by atoms with Crippen LogP contribution in [0, 0.1) is 0 Å². The molecule has 1 aromatic carbocycles. The van der Waals surface area contributed by atoms with Crippen molar-refractivity contribution in [2.45, 2.75) is 25.9 Å². The van der Waals surface area contributed by atoms with E-state index in [0.717, 1.165) is 0 Å². The number of ether oxygens (including phenoxy) is 1. The Balaban J connectivity index is 3.32. The van der Waals surface area contributed by atoms with Gasteiger partial charge in [-0.2, -0.15) is 0 Å². The van der Waals surface area contributed by atoms with Crippen LogP contribution in [-0.2, 0) is 4.79 Å². The SMILES string of the molecule is COc1cccc(C(C)C(=O)O)c1C(C)F. The van der Waals surface area contributed by atoms with Gasteiger partial charge in [-0.1, -0.05) is 12.1 Å². The number of hydrogen-bond donors (Lipinski definition) is 1. The van der Waals surface area contributed by atoms with Crippen molar-refractivity contribution in [1.82, 2.24) is 0 Å². The van der Waals surface area contributed by atoms with E-state index in [9.17, 15) is 9.18 Å². The second-order valence-corrected chi connectivity index (χ2v) is 3.64. The summed E-state index contributed by atoms with van der Waals surface area (Å²) in [5.74, 6) is -1.33. The van der Waals surface area contributed by atoms with Gasteiger partial charge in [0.1, 0.15) is 11.9 Å². The molecular weight excluding hydrogens is 211 g/mol. The van der Waals surface area contributed by atoms with Crippen molar-refractivity contribution in [3.8, 4) is 5.75 Å². The molecule has 0 bridgehead atoms. The zero-order valence-electron chi connectivity index (χ0n) is 9.53. The molecule has 16 heavy (non-hydrogen) atoms. The molecule has 0 radical (unpaired) electrons.